The molecule has 0 aromatic rings. The van der Waals surface area contributed by atoms with Crippen molar-refractivity contribution in [3.05, 3.63) is 0 Å². The predicted molar refractivity (Wildman–Crippen MR) is 88.1 cm³/mol. The number of nitrogens with zero attached hydrogens (tertiary/aromatic N) is 2. The number of carbonyl (C=O) groups is 2. The highest BCUT2D eigenvalue weighted by Crippen LogP contribution is 2.18. The molecule has 1 heterocycles. The highest BCUT2D eigenvalue weighted by atomic mass is 16.5. The first-order valence-electron chi connectivity index (χ1n) is 8.31. The van der Waals surface area contributed by atoms with E-state index in [1.807, 2.05) is 13.8 Å². The summed E-state index contributed by atoms with van der Waals surface area (Å²) in [5.74, 6) is 0.123. The number of ether oxygens (including phenoxy) is 2. The van der Waals surface area contributed by atoms with Crippen LogP contribution in [0, 0.1) is 11.8 Å². The van der Waals surface area contributed by atoms with Crippen molar-refractivity contribution in [3.63, 3.8) is 0 Å². The summed E-state index contributed by atoms with van der Waals surface area (Å²) in [5, 5.41) is 3.24. The van der Waals surface area contributed by atoms with E-state index in [-0.39, 0.29) is 23.8 Å². The minimum absolute atomic E-state index is 0.0249. The van der Waals surface area contributed by atoms with E-state index < -0.39 is 0 Å². The van der Waals surface area contributed by atoms with Gasteiger partial charge in [0.1, 0.15) is 0 Å². The summed E-state index contributed by atoms with van der Waals surface area (Å²) in [6, 6.07) is 0. The first-order chi connectivity index (χ1) is 11.0. The van der Waals surface area contributed by atoms with Gasteiger partial charge in [-0.15, -0.1) is 0 Å². The van der Waals surface area contributed by atoms with Gasteiger partial charge < -0.3 is 19.7 Å². The van der Waals surface area contributed by atoms with Crippen molar-refractivity contribution in [1.29, 1.82) is 0 Å². The average molecular weight is 327 g/mol. The standard InChI is InChI=1S/C16H29N3O4/c1-5-17-16(18-11-12(3)14(20)22-4)19-9-7-13(8-10-19)15(21)23-6-2/h12-13H,5-11H2,1-4H3,(H,17,18). The molecule has 23 heavy (non-hydrogen) atoms. The van der Waals surface area contributed by atoms with Crippen molar-refractivity contribution in [1.82, 2.24) is 10.2 Å². The molecule has 7 nitrogen and oxygen atoms in total. The lowest BCUT2D eigenvalue weighted by Crippen LogP contribution is -2.47. The zero-order valence-corrected chi connectivity index (χ0v) is 14.6. The normalized spacial score (nSPS) is 17.6. The number of rotatable bonds is 6. The van der Waals surface area contributed by atoms with E-state index in [0.717, 1.165) is 38.4 Å². The van der Waals surface area contributed by atoms with Gasteiger partial charge in [0.05, 0.1) is 32.1 Å². The minimum Gasteiger partial charge on any atom is -0.469 e. The number of nitrogens with one attached hydrogen (secondary N) is 1. The molecule has 0 aromatic heterocycles. The zero-order chi connectivity index (χ0) is 17.2. The fraction of sp³-hybridized carbons (Fsp3) is 0.812. The zero-order valence-electron chi connectivity index (χ0n) is 14.6. The first kappa shape index (κ1) is 19.3. The molecule has 0 radical (unpaired) electrons. The van der Waals surface area contributed by atoms with Crippen LogP contribution in [0.1, 0.15) is 33.6 Å². The Bertz CT molecular complexity index is 418. The molecule has 0 spiro atoms. The van der Waals surface area contributed by atoms with Gasteiger partial charge in [0.15, 0.2) is 5.96 Å². The molecule has 0 aliphatic carbocycles. The fourth-order valence-electron chi connectivity index (χ4n) is 2.51. The van der Waals surface area contributed by atoms with Gasteiger partial charge in [-0.25, -0.2) is 0 Å². The Hall–Kier alpha value is -1.79. The monoisotopic (exact) mass is 327 g/mol. The first-order valence-corrected chi connectivity index (χ1v) is 8.31. The van der Waals surface area contributed by atoms with Crippen molar-refractivity contribution in [2.24, 2.45) is 16.8 Å². The molecular formula is C16H29N3O4. The molecule has 1 fully saturated rings. The minimum atomic E-state index is -0.272. The Morgan fingerprint density at radius 3 is 2.48 bits per heavy atom. The second-order valence-corrected chi connectivity index (χ2v) is 5.63. The van der Waals surface area contributed by atoms with Gasteiger partial charge in [0.2, 0.25) is 0 Å². The summed E-state index contributed by atoms with van der Waals surface area (Å²) in [5.41, 5.74) is 0. The molecule has 1 unspecified atom stereocenters. The van der Waals surface area contributed by atoms with Gasteiger partial charge >= 0.3 is 11.9 Å². The Labute approximate surface area is 138 Å². The predicted octanol–water partition coefficient (Wildman–Crippen LogP) is 1.04. The number of aliphatic imine (C=N–C) groups is 1. The summed E-state index contributed by atoms with van der Waals surface area (Å²) in [7, 11) is 1.38. The average Bonchev–Trinajstić information content (AvgIpc) is 2.57. The number of piperidine rings is 1. The molecule has 1 saturated heterocycles. The molecule has 1 atom stereocenters. The second-order valence-electron chi connectivity index (χ2n) is 5.63. The number of likely N-dealkylation sites (tertiary alicyclic amines) is 1. The van der Waals surface area contributed by atoms with Crippen LogP contribution in [0.25, 0.3) is 0 Å². The topological polar surface area (TPSA) is 80.2 Å². The van der Waals surface area contributed by atoms with E-state index >= 15 is 0 Å². The summed E-state index contributed by atoms with van der Waals surface area (Å²) >= 11 is 0. The van der Waals surface area contributed by atoms with Crippen molar-refractivity contribution in [2.45, 2.75) is 33.6 Å². The number of guanidine groups is 1. The van der Waals surface area contributed by atoms with Crippen molar-refractivity contribution in [2.75, 3.05) is 39.9 Å². The Balaban J connectivity index is 2.59. The molecular weight excluding hydrogens is 298 g/mol. The Kier molecular flexibility index (Phi) is 8.43. The van der Waals surface area contributed by atoms with Gasteiger partial charge in [-0.3, -0.25) is 14.6 Å². The van der Waals surface area contributed by atoms with Crippen LogP contribution in [0.5, 0.6) is 0 Å². The van der Waals surface area contributed by atoms with Crippen LogP contribution in [0.4, 0.5) is 0 Å². The van der Waals surface area contributed by atoms with Crippen LogP contribution in [0.2, 0.25) is 0 Å². The molecule has 1 rings (SSSR count). The molecule has 0 amide bonds. The number of esters is 2. The third-order valence-electron chi connectivity index (χ3n) is 3.87. The van der Waals surface area contributed by atoms with E-state index in [2.05, 4.69) is 15.2 Å². The van der Waals surface area contributed by atoms with Crippen LogP contribution < -0.4 is 5.32 Å². The van der Waals surface area contributed by atoms with Crippen LogP contribution >= 0.6 is 0 Å². The van der Waals surface area contributed by atoms with E-state index in [4.69, 9.17) is 9.47 Å². The third kappa shape index (κ3) is 6.08. The van der Waals surface area contributed by atoms with Gasteiger partial charge in [0.25, 0.3) is 0 Å². The molecule has 132 valence electrons. The SMILES string of the molecule is CCNC(=NCC(C)C(=O)OC)N1CCC(C(=O)OCC)CC1. The lowest BCUT2D eigenvalue weighted by Gasteiger charge is -2.33. The van der Waals surface area contributed by atoms with Crippen LogP contribution in [0.15, 0.2) is 4.99 Å². The Morgan fingerprint density at radius 2 is 1.96 bits per heavy atom. The molecule has 7 heteroatoms. The lowest BCUT2D eigenvalue weighted by molar-refractivity contribution is -0.149. The maximum atomic E-state index is 11.8. The maximum Gasteiger partial charge on any atom is 0.310 e. The van der Waals surface area contributed by atoms with Gasteiger partial charge in [-0.05, 0) is 26.7 Å². The Morgan fingerprint density at radius 1 is 1.30 bits per heavy atom. The second kappa shape index (κ2) is 10.1. The highest BCUT2D eigenvalue weighted by Gasteiger charge is 2.27. The summed E-state index contributed by atoms with van der Waals surface area (Å²) in [6.45, 7) is 8.69. The molecule has 0 saturated carbocycles. The molecule has 0 aromatic carbocycles. The number of hydrogen-bond donors (Lipinski definition) is 1. The summed E-state index contributed by atoms with van der Waals surface area (Å²) in [4.78, 5) is 29.9. The number of methoxy groups -OCH3 is 1. The highest BCUT2D eigenvalue weighted by molar-refractivity contribution is 5.81. The maximum absolute atomic E-state index is 11.8. The van der Waals surface area contributed by atoms with Crippen LogP contribution in [-0.2, 0) is 19.1 Å². The van der Waals surface area contributed by atoms with Gasteiger partial charge in [0, 0.05) is 19.6 Å². The third-order valence-corrected chi connectivity index (χ3v) is 3.87. The summed E-state index contributed by atoms with van der Waals surface area (Å²) < 4.78 is 9.81. The van der Waals surface area contributed by atoms with Crippen molar-refractivity contribution >= 4 is 17.9 Å². The largest absolute Gasteiger partial charge is 0.469 e. The fourth-order valence-corrected chi connectivity index (χ4v) is 2.51. The van der Waals surface area contributed by atoms with Crippen molar-refractivity contribution < 1.29 is 19.1 Å². The van der Waals surface area contributed by atoms with Crippen LogP contribution in [-0.4, -0.2) is 62.7 Å². The number of carbonyl (C=O) groups excluding carboxylic acids is 2. The van der Waals surface area contributed by atoms with Gasteiger partial charge in [-0.2, -0.15) is 0 Å². The quantitative estimate of drug-likeness (QED) is 0.446. The van der Waals surface area contributed by atoms with Crippen molar-refractivity contribution in [3.8, 4) is 0 Å². The molecule has 0 bridgehead atoms. The van der Waals surface area contributed by atoms with Crippen LogP contribution in [0.3, 0.4) is 0 Å². The molecule has 1 aliphatic heterocycles. The molecule has 1 N–H and O–H groups in total. The van der Waals surface area contributed by atoms with E-state index in [1.165, 1.54) is 7.11 Å². The summed E-state index contributed by atoms with van der Waals surface area (Å²) in [6.07, 6.45) is 1.52. The smallest absolute Gasteiger partial charge is 0.310 e. The van der Waals surface area contributed by atoms with E-state index in [1.54, 1.807) is 6.92 Å². The number of hydrogen-bond acceptors (Lipinski definition) is 5. The van der Waals surface area contributed by atoms with E-state index in [9.17, 15) is 9.59 Å². The van der Waals surface area contributed by atoms with E-state index in [0.29, 0.717) is 13.2 Å². The molecule has 1 aliphatic rings. The van der Waals surface area contributed by atoms with Gasteiger partial charge in [-0.1, -0.05) is 6.92 Å². The lowest BCUT2D eigenvalue weighted by atomic mass is 9.97.